The third kappa shape index (κ3) is 3.82. The van der Waals surface area contributed by atoms with Crippen molar-refractivity contribution in [1.82, 2.24) is 14.7 Å². The van der Waals surface area contributed by atoms with E-state index >= 15 is 4.39 Å². The molecule has 3 fully saturated rings. The maximum atomic E-state index is 16.1. The third-order valence-corrected chi connectivity index (χ3v) is 9.98. The van der Waals surface area contributed by atoms with E-state index in [9.17, 15) is 39.0 Å². The minimum atomic E-state index is -2.85. The zero-order chi connectivity index (χ0) is 30.4. The number of likely N-dealkylation sites (tertiary alicyclic amines) is 1. The first kappa shape index (κ1) is 28.6. The number of primary amides is 1. The Morgan fingerprint density at radius 1 is 1.05 bits per heavy atom. The zero-order valence-corrected chi connectivity index (χ0v) is 23.4. The molecule has 4 N–H and O–H groups in total. The monoisotopic (exact) mass is 584 g/mol. The SMILES string of the molecule is CN(C)[C@@H]1C(=O)C(C(N)=O)C(=O)[C@@]2(O)C(=O)C3C(=O)c4c(O)c5c(c(F)c4C[C@H]3C[C@@H]12)CN(C(=O)CN1CCCC1)C5. The van der Waals surface area contributed by atoms with Crippen molar-refractivity contribution >= 4 is 34.9 Å². The van der Waals surface area contributed by atoms with E-state index < -0.39 is 81.5 Å². The van der Waals surface area contributed by atoms with Crippen molar-refractivity contribution in [3.05, 3.63) is 28.1 Å². The highest BCUT2D eigenvalue weighted by atomic mass is 19.1. The molecule has 2 aliphatic heterocycles. The number of rotatable bonds is 4. The fourth-order valence-corrected chi connectivity index (χ4v) is 7.98. The van der Waals surface area contributed by atoms with Gasteiger partial charge in [-0.3, -0.25) is 38.6 Å². The second-order valence-electron chi connectivity index (χ2n) is 12.5. The van der Waals surface area contributed by atoms with Gasteiger partial charge in [0.25, 0.3) is 0 Å². The van der Waals surface area contributed by atoms with Crippen LogP contribution in [0.4, 0.5) is 4.39 Å². The van der Waals surface area contributed by atoms with Gasteiger partial charge in [-0.15, -0.1) is 0 Å². The molecule has 0 spiro atoms. The van der Waals surface area contributed by atoms with Gasteiger partial charge in [-0.1, -0.05) is 0 Å². The number of hydrogen-bond donors (Lipinski definition) is 3. The van der Waals surface area contributed by atoms with Gasteiger partial charge in [-0.05, 0) is 58.8 Å². The lowest BCUT2D eigenvalue weighted by Gasteiger charge is -2.52. The quantitative estimate of drug-likeness (QED) is 0.370. The van der Waals surface area contributed by atoms with Crippen LogP contribution in [0.15, 0.2) is 0 Å². The van der Waals surface area contributed by atoms with Gasteiger partial charge in [0.15, 0.2) is 34.7 Å². The van der Waals surface area contributed by atoms with Gasteiger partial charge in [0, 0.05) is 29.2 Å². The number of phenols is 1. The van der Waals surface area contributed by atoms with Crippen LogP contribution >= 0.6 is 0 Å². The summed E-state index contributed by atoms with van der Waals surface area (Å²) in [6.07, 6.45) is 1.65. The number of ketones is 4. The van der Waals surface area contributed by atoms with Crippen LogP contribution in [-0.2, 0) is 43.5 Å². The van der Waals surface area contributed by atoms with Crippen molar-refractivity contribution in [2.75, 3.05) is 33.7 Å². The molecule has 224 valence electrons. The van der Waals surface area contributed by atoms with Crippen molar-refractivity contribution in [3.8, 4) is 5.75 Å². The maximum absolute atomic E-state index is 16.1. The number of carbonyl (C=O) groups is 6. The normalized spacial score (nSPS) is 32.6. The number of hydrogen-bond acceptors (Lipinski definition) is 10. The molecule has 13 heteroatoms. The molecule has 2 saturated carbocycles. The number of amides is 2. The van der Waals surface area contributed by atoms with Crippen LogP contribution in [0.3, 0.4) is 0 Å². The van der Waals surface area contributed by atoms with Gasteiger partial charge in [0.05, 0.1) is 30.6 Å². The fraction of sp³-hybridized carbons (Fsp3) is 0.586. The van der Waals surface area contributed by atoms with Gasteiger partial charge >= 0.3 is 0 Å². The van der Waals surface area contributed by atoms with E-state index in [1.165, 1.54) is 23.9 Å². The first-order chi connectivity index (χ1) is 19.8. The van der Waals surface area contributed by atoms with Crippen molar-refractivity contribution in [2.45, 2.75) is 50.4 Å². The smallest absolute Gasteiger partial charge is 0.237 e. The van der Waals surface area contributed by atoms with Crippen LogP contribution in [0.2, 0.25) is 0 Å². The Kier molecular flexibility index (Phi) is 6.63. The van der Waals surface area contributed by atoms with E-state index in [-0.39, 0.29) is 55.1 Å². The Balaban J connectivity index is 1.37. The average Bonchev–Trinajstić information content (AvgIpc) is 3.59. The van der Waals surface area contributed by atoms with Crippen LogP contribution in [0.1, 0.15) is 46.3 Å². The molecule has 2 heterocycles. The Hall–Kier alpha value is -3.55. The number of nitrogens with zero attached hydrogens (tertiary/aromatic N) is 3. The molecular weight excluding hydrogens is 551 g/mol. The molecule has 12 nitrogen and oxygen atoms in total. The Bertz CT molecular complexity index is 1470. The Morgan fingerprint density at radius 2 is 1.69 bits per heavy atom. The van der Waals surface area contributed by atoms with Gasteiger partial charge in [-0.25, -0.2) is 4.39 Å². The van der Waals surface area contributed by atoms with Crippen molar-refractivity contribution in [1.29, 1.82) is 0 Å². The average molecular weight is 585 g/mol. The summed E-state index contributed by atoms with van der Waals surface area (Å²) >= 11 is 0. The maximum Gasteiger partial charge on any atom is 0.237 e. The summed E-state index contributed by atoms with van der Waals surface area (Å²) in [5.41, 5.74) is 2.21. The number of likely N-dealkylation sites (N-methyl/N-ethyl adjacent to an activating group) is 1. The molecule has 5 aliphatic rings. The number of phenolic OH excluding ortho intramolecular Hbond substituents is 1. The van der Waals surface area contributed by atoms with E-state index in [4.69, 9.17) is 5.73 Å². The molecule has 2 unspecified atom stereocenters. The highest BCUT2D eigenvalue weighted by molar-refractivity contribution is 6.32. The van der Waals surface area contributed by atoms with Crippen molar-refractivity contribution < 1.29 is 43.4 Å². The first-order valence-corrected chi connectivity index (χ1v) is 14.2. The predicted octanol–water partition coefficient (Wildman–Crippen LogP) is -1.06. The van der Waals surface area contributed by atoms with E-state index in [0.29, 0.717) is 0 Å². The molecule has 1 saturated heterocycles. The van der Waals surface area contributed by atoms with Gasteiger partial charge < -0.3 is 20.8 Å². The number of carbonyl (C=O) groups excluding carboxylic acids is 6. The first-order valence-electron chi connectivity index (χ1n) is 14.2. The van der Waals surface area contributed by atoms with Crippen molar-refractivity contribution in [2.24, 2.45) is 29.4 Å². The van der Waals surface area contributed by atoms with E-state index in [2.05, 4.69) is 0 Å². The molecule has 0 radical (unpaired) electrons. The summed E-state index contributed by atoms with van der Waals surface area (Å²) in [4.78, 5) is 84.2. The summed E-state index contributed by atoms with van der Waals surface area (Å²) in [6, 6.07) is -1.24. The van der Waals surface area contributed by atoms with Crippen molar-refractivity contribution in [3.63, 3.8) is 0 Å². The number of Topliss-reactive ketones (excluding diaryl/α,β-unsaturated/α-hetero) is 4. The highest BCUT2D eigenvalue weighted by Crippen LogP contribution is 2.52. The fourth-order valence-electron chi connectivity index (χ4n) is 7.98. The molecule has 42 heavy (non-hydrogen) atoms. The molecule has 6 atom stereocenters. The lowest BCUT2D eigenvalue weighted by Crippen LogP contribution is -2.74. The number of benzene rings is 1. The molecule has 1 aromatic rings. The van der Waals surface area contributed by atoms with Crippen LogP contribution < -0.4 is 5.73 Å². The summed E-state index contributed by atoms with van der Waals surface area (Å²) < 4.78 is 16.1. The number of halogens is 1. The van der Waals surface area contributed by atoms with E-state index in [0.717, 1.165) is 25.9 Å². The third-order valence-electron chi connectivity index (χ3n) is 9.98. The summed E-state index contributed by atoms with van der Waals surface area (Å²) in [7, 11) is 2.99. The minimum Gasteiger partial charge on any atom is -0.507 e. The number of aliphatic hydroxyl groups is 1. The zero-order valence-electron chi connectivity index (χ0n) is 23.4. The molecule has 2 amide bonds. The van der Waals surface area contributed by atoms with Gasteiger partial charge in [0.1, 0.15) is 11.6 Å². The van der Waals surface area contributed by atoms with Crippen LogP contribution in [0, 0.1) is 29.5 Å². The summed E-state index contributed by atoms with van der Waals surface area (Å²) in [5.74, 6) is -13.0. The molecule has 3 aliphatic carbocycles. The van der Waals surface area contributed by atoms with E-state index in [1.807, 2.05) is 4.90 Å². The summed E-state index contributed by atoms with van der Waals surface area (Å²) in [5, 5.41) is 22.9. The summed E-state index contributed by atoms with van der Waals surface area (Å²) in [6.45, 7) is 1.58. The number of fused-ring (bicyclic) bond motifs is 4. The second-order valence-corrected chi connectivity index (χ2v) is 12.5. The molecular formula is C29H33FN4O8. The molecule has 0 bridgehead atoms. The topological polar surface area (TPSA) is 179 Å². The van der Waals surface area contributed by atoms with Gasteiger partial charge in [0.2, 0.25) is 11.8 Å². The predicted molar refractivity (Wildman–Crippen MR) is 141 cm³/mol. The number of aromatic hydroxyl groups is 1. The van der Waals surface area contributed by atoms with Crippen LogP contribution in [0.5, 0.6) is 5.75 Å². The lowest BCUT2D eigenvalue weighted by molar-refractivity contribution is -0.181. The minimum absolute atomic E-state index is 0.0709. The lowest BCUT2D eigenvalue weighted by atomic mass is 9.52. The molecule has 1 aromatic carbocycles. The highest BCUT2D eigenvalue weighted by Gasteiger charge is 2.69. The second kappa shape index (κ2) is 9.75. The molecule has 0 aromatic heterocycles. The van der Waals surface area contributed by atoms with E-state index in [1.54, 1.807) is 0 Å². The Morgan fingerprint density at radius 3 is 2.31 bits per heavy atom. The van der Waals surface area contributed by atoms with Crippen LogP contribution in [0.25, 0.3) is 0 Å². The largest absolute Gasteiger partial charge is 0.507 e. The number of nitrogens with two attached hydrogens (primary N) is 1. The molecule has 6 rings (SSSR count). The van der Waals surface area contributed by atoms with Crippen LogP contribution in [-0.4, -0.2) is 105 Å². The Labute approximate surface area is 240 Å². The van der Waals surface area contributed by atoms with Gasteiger partial charge in [-0.2, -0.15) is 0 Å². The standard InChI is InChI=1S/C29H33FN4O8/c1-32(2)22-16-8-12-7-13-19(24(37)18(12)26(39)29(16,42)27(40)20(25(22)38)28(31)41)23(36)15-10-34(9-14(15)21(13)30)17(35)11-33-5-3-4-6-33/h12,16,18,20,22,36,42H,3-11H2,1-2H3,(H2,31,41)/t12-,16-,18?,20?,22-,29-/m0/s1.